The molecule has 0 aromatic rings. The summed E-state index contributed by atoms with van der Waals surface area (Å²) in [6, 6.07) is 0. The van der Waals surface area contributed by atoms with Crippen LogP contribution in [0.2, 0.25) is 0 Å². The van der Waals surface area contributed by atoms with Gasteiger partial charge >= 0.3 is 41.4 Å². The van der Waals surface area contributed by atoms with E-state index in [4.69, 9.17) is 3.25 Å². The molecule has 0 aliphatic rings. The van der Waals surface area contributed by atoms with Gasteiger partial charge in [-0.15, -0.1) is 0 Å². The van der Waals surface area contributed by atoms with Gasteiger partial charge in [-0.2, -0.15) is 0 Å². The van der Waals surface area contributed by atoms with Crippen LogP contribution in [-0.2, 0) is 46.8 Å². The summed E-state index contributed by atoms with van der Waals surface area (Å²) in [5.74, 6) is 0. The van der Waals surface area contributed by atoms with Crippen molar-refractivity contribution < 1.29 is 46.8 Å². The van der Waals surface area contributed by atoms with E-state index in [-0.39, 0.29) is 22.5 Å². The molecular weight excluding hydrogens is 195 g/mol. The first kappa shape index (κ1) is 19.9. The molecule has 30 valence electrons. The van der Waals surface area contributed by atoms with E-state index >= 15 is 0 Å². The van der Waals surface area contributed by atoms with Crippen LogP contribution in [0.25, 0.3) is 0 Å². The zero-order valence-electron chi connectivity index (χ0n) is 1.50. The maximum atomic E-state index is 8.06. The minimum absolute atomic E-state index is 0. The van der Waals surface area contributed by atoms with Crippen molar-refractivity contribution in [3.63, 3.8) is 0 Å². The van der Waals surface area contributed by atoms with Crippen LogP contribution in [-0.4, -0.2) is 0 Å². The van der Waals surface area contributed by atoms with Crippen molar-refractivity contribution in [3.05, 3.63) is 0 Å². The average Bonchev–Trinajstić information content (AvgIpc) is 1.00. The molecule has 0 aromatic heterocycles. The summed E-state index contributed by atoms with van der Waals surface area (Å²) in [7, 11) is 0. The van der Waals surface area contributed by atoms with Gasteiger partial charge in [0.25, 0.3) is 0 Å². The van der Waals surface area contributed by atoms with Gasteiger partial charge in [-0.05, 0) is 0 Å². The molecule has 0 spiro atoms. The molecule has 0 bridgehead atoms. The summed E-state index contributed by atoms with van der Waals surface area (Å²) in [6.45, 7) is 0. The molecule has 0 heterocycles. The van der Waals surface area contributed by atoms with Crippen molar-refractivity contribution >= 4 is 0 Å². The Kier molecular flexibility index (Phi) is 175. The molecule has 0 atom stereocenters. The van der Waals surface area contributed by atoms with E-state index in [0.717, 1.165) is 0 Å². The van der Waals surface area contributed by atoms with Crippen molar-refractivity contribution in [1.82, 2.24) is 0 Å². The van der Waals surface area contributed by atoms with Crippen LogP contribution in [0.15, 0.2) is 0 Å². The van der Waals surface area contributed by atoms with Crippen molar-refractivity contribution in [2.24, 2.45) is 0 Å². The van der Waals surface area contributed by atoms with E-state index in [1.165, 1.54) is 0 Å². The molecule has 0 saturated heterocycles. The molecule has 0 amide bonds. The van der Waals surface area contributed by atoms with Crippen molar-refractivity contribution in [2.75, 3.05) is 0 Å². The normalized spacial score (nSPS) is 1.50. The Balaban J connectivity index is -0.00000000500. The van der Waals surface area contributed by atoms with Crippen LogP contribution in [0.3, 0.4) is 0 Å². The summed E-state index contributed by atoms with van der Waals surface area (Å²) >= 11 is 1.70. The maximum absolute atomic E-state index is 8.06. The topological polar surface area (TPSA) is 45.6 Å². The Hall–Kier alpha value is 1.02. The second kappa shape index (κ2) is 35.2. The molecule has 4 heteroatoms. The zero-order valence-corrected chi connectivity index (χ0v) is 4.16. The standard InChI is InChI=1S/Ag.Mn.2O/q;+2;;-2. The molecule has 0 aromatic carbocycles. The van der Waals surface area contributed by atoms with Crippen LogP contribution in [0.1, 0.15) is 0 Å². The average molecular weight is 195 g/mol. The van der Waals surface area contributed by atoms with Crippen LogP contribution in [0, 0.1) is 0 Å². The molecule has 0 aliphatic heterocycles. The fourth-order valence-corrected chi connectivity index (χ4v) is 0. The van der Waals surface area contributed by atoms with Gasteiger partial charge in [0.15, 0.2) is 0 Å². The SMILES string of the molecule is [Mn+2].[O-2].[O]=[Ag]. The van der Waals surface area contributed by atoms with Crippen molar-refractivity contribution in [1.29, 1.82) is 0 Å². The van der Waals surface area contributed by atoms with Gasteiger partial charge in [0.1, 0.15) is 0 Å². The molecule has 0 saturated carbocycles. The molecule has 1 radical (unpaired) electrons. The van der Waals surface area contributed by atoms with Gasteiger partial charge < -0.3 is 5.48 Å². The predicted molar refractivity (Wildman–Crippen MR) is 1.37 cm³/mol. The third kappa shape index (κ3) is 11.8. The van der Waals surface area contributed by atoms with E-state index in [0.29, 0.717) is 0 Å². The molecule has 0 fully saturated rings. The van der Waals surface area contributed by atoms with Gasteiger partial charge in [-0.25, -0.2) is 0 Å². The summed E-state index contributed by atoms with van der Waals surface area (Å²) in [5.41, 5.74) is 0. The Morgan fingerprint density at radius 2 is 1.25 bits per heavy atom. The number of rotatable bonds is 0. The molecule has 0 aliphatic carbocycles. The Morgan fingerprint density at radius 3 is 1.25 bits per heavy atom. The number of hydrogen-bond acceptors (Lipinski definition) is 1. The van der Waals surface area contributed by atoms with Crippen LogP contribution in [0.5, 0.6) is 0 Å². The van der Waals surface area contributed by atoms with E-state index in [1.807, 2.05) is 0 Å². The second-order valence-corrected chi connectivity index (χ2v) is 0. The first-order valence-corrected chi connectivity index (χ1v) is 0.728. The molecule has 0 N–H and O–H groups in total. The van der Waals surface area contributed by atoms with Crippen LogP contribution >= 0.6 is 0 Å². The van der Waals surface area contributed by atoms with Gasteiger partial charge in [0.05, 0.1) is 0 Å². The quantitative estimate of drug-likeness (QED) is 0.491. The second-order valence-electron chi connectivity index (χ2n) is 0. The molecule has 0 rings (SSSR count). The minimum atomic E-state index is 0. The summed E-state index contributed by atoms with van der Waals surface area (Å²) in [6.07, 6.45) is 0. The van der Waals surface area contributed by atoms with Gasteiger partial charge in [-0.1, -0.05) is 0 Å². The fraction of sp³-hybridized carbons (Fsp3) is 0. The van der Waals surface area contributed by atoms with Crippen molar-refractivity contribution in [3.8, 4) is 0 Å². The monoisotopic (exact) mass is 194 g/mol. The van der Waals surface area contributed by atoms with E-state index in [1.54, 1.807) is 21.0 Å². The molecule has 0 unspecified atom stereocenters. The van der Waals surface area contributed by atoms with E-state index < -0.39 is 0 Å². The summed E-state index contributed by atoms with van der Waals surface area (Å²) in [4.78, 5) is 0. The fourth-order valence-electron chi connectivity index (χ4n) is 0. The van der Waals surface area contributed by atoms with E-state index in [9.17, 15) is 0 Å². The third-order valence-electron chi connectivity index (χ3n) is 0. The van der Waals surface area contributed by atoms with Crippen LogP contribution in [0.4, 0.5) is 0 Å². The molecule has 2 nitrogen and oxygen atoms in total. The van der Waals surface area contributed by atoms with Gasteiger partial charge in [0.2, 0.25) is 0 Å². The summed E-state index contributed by atoms with van der Waals surface area (Å²) in [5, 5.41) is 0. The van der Waals surface area contributed by atoms with E-state index in [2.05, 4.69) is 0 Å². The number of hydrogen-bond donors (Lipinski definition) is 0. The molecule has 4 heavy (non-hydrogen) atoms. The zero-order chi connectivity index (χ0) is 2.00. The Labute approximate surface area is 47.0 Å². The van der Waals surface area contributed by atoms with Gasteiger partial charge in [-0.3, -0.25) is 0 Å². The first-order chi connectivity index (χ1) is 1.00. The third-order valence-corrected chi connectivity index (χ3v) is 0. The first-order valence-electron chi connectivity index (χ1n) is 0.123. The predicted octanol–water partition coefficient (Wildman–Crippen LogP) is -0.243. The molecular formula is AgMnO2. The van der Waals surface area contributed by atoms with Crippen molar-refractivity contribution in [2.45, 2.75) is 0 Å². The van der Waals surface area contributed by atoms with Gasteiger partial charge in [0, 0.05) is 0 Å². The van der Waals surface area contributed by atoms with Crippen LogP contribution < -0.4 is 0 Å². The summed E-state index contributed by atoms with van der Waals surface area (Å²) < 4.78 is 8.06. The Morgan fingerprint density at radius 1 is 1.25 bits per heavy atom. The Bertz CT molecular complexity index is 6.00.